The van der Waals surface area contributed by atoms with Crippen molar-refractivity contribution in [1.82, 2.24) is 5.32 Å². The maximum absolute atomic E-state index is 11.0. The van der Waals surface area contributed by atoms with Crippen molar-refractivity contribution in [3.05, 3.63) is 0 Å². The molecule has 0 aromatic rings. The molecule has 1 atom stereocenters. The third-order valence-electron chi connectivity index (χ3n) is 1.93. The minimum Gasteiger partial charge on any atom is -0.312 e. The van der Waals surface area contributed by atoms with Gasteiger partial charge in [-0.25, -0.2) is 8.42 Å². The van der Waals surface area contributed by atoms with Gasteiger partial charge in [0.1, 0.15) is 0 Å². The average Bonchev–Trinajstić information content (AvgIpc) is 2.31. The maximum atomic E-state index is 11.0. The molecule has 1 N–H and O–H groups in total. The van der Waals surface area contributed by atoms with Gasteiger partial charge in [-0.3, -0.25) is 0 Å². The van der Waals surface area contributed by atoms with Crippen LogP contribution in [0.2, 0.25) is 0 Å². The van der Waals surface area contributed by atoms with E-state index in [0.29, 0.717) is 12.2 Å². The molecule has 0 spiro atoms. The molecule has 68 valence electrons. The first kappa shape index (κ1) is 9.56. The van der Waals surface area contributed by atoms with Crippen molar-refractivity contribution in [1.29, 1.82) is 0 Å². The van der Waals surface area contributed by atoms with Gasteiger partial charge >= 0.3 is 0 Å². The molecular formula is C8H13NO2S. The molecule has 0 aliphatic carbocycles. The van der Waals surface area contributed by atoms with Gasteiger partial charge < -0.3 is 5.32 Å². The summed E-state index contributed by atoms with van der Waals surface area (Å²) in [5.74, 6) is 3.10. The van der Waals surface area contributed by atoms with Crippen molar-refractivity contribution in [3.63, 3.8) is 0 Å². The molecule has 0 aromatic carbocycles. The van der Waals surface area contributed by atoms with Crippen LogP contribution in [0.1, 0.15) is 12.8 Å². The third-order valence-corrected chi connectivity index (χ3v) is 3.70. The van der Waals surface area contributed by atoms with Crippen LogP contribution < -0.4 is 5.32 Å². The van der Waals surface area contributed by atoms with Crippen LogP contribution in [-0.4, -0.2) is 32.5 Å². The van der Waals surface area contributed by atoms with Crippen molar-refractivity contribution in [2.24, 2.45) is 0 Å². The smallest absolute Gasteiger partial charge is 0.151 e. The van der Waals surface area contributed by atoms with E-state index in [1.165, 1.54) is 0 Å². The number of nitrogens with one attached hydrogen (secondary N) is 1. The van der Waals surface area contributed by atoms with Crippen LogP contribution in [0.3, 0.4) is 0 Å². The van der Waals surface area contributed by atoms with E-state index in [1.807, 2.05) is 0 Å². The summed E-state index contributed by atoms with van der Waals surface area (Å²) in [6.07, 6.45) is 6.45. The molecule has 1 rings (SSSR count). The third kappa shape index (κ3) is 2.84. The highest BCUT2D eigenvalue weighted by atomic mass is 32.2. The van der Waals surface area contributed by atoms with E-state index in [9.17, 15) is 8.42 Å². The van der Waals surface area contributed by atoms with Gasteiger partial charge in [0.05, 0.1) is 11.5 Å². The van der Waals surface area contributed by atoms with Crippen molar-refractivity contribution < 1.29 is 8.42 Å². The highest BCUT2D eigenvalue weighted by Crippen LogP contribution is 2.10. The highest BCUT2D eigenvalue weighted by Gasteiger charge is 2.26. The largest absolute Gasteiger partial charge is 0.312 e. The fourth-order valence-electron chi connectivity index (χ4n) is 1.30. The van der Waals surface area contributed by atoms with Gasteiger partial charge in [0.2, 0.25) is 0 Å². The summed E-state index contributed by atoms with van der Waals surface area (Å²) in [7, 11) is -2.75. The molecule has 0 aromatic heterocycles. The SMILES string of the molecule is C#CCCNC1CCS(=O)(=O)C1. The van der Waals surface area contributed by atoms with Crippen LogP contribution in [0.25, 0.3) is 0 Å². The van der Waals surface area contributed by atoms with E-state index in [2.05, 4.69) is 11.2 Å². The van der Waals surface area contributed by atoms with Crippen LogP contribution in [0, 0.1) is 12.3 Å². The van der Waals surface area contributed by atoms with Crippen LogP contribution in [0.5, 0.6) is 0 Å². The Bertz CT molecular complexity index is 276. The van der Waals surface area contributed by atoms with Crippen LogP contribution in [0.15, 0.2) is 0 Å². The molecule has 0 radical (unpaired) electrons. The van der Waals surface area contributed by atoms with Gasteiger partial charge in [-0.1, -0.05) is 0 Å². The Balaban J connectivity index is 2.25. The molecule has 0 bridgehead atoms. The number of hydrogen-bond donors (Lipinski definition) is 1. The molecule has 1 aliphatic rings. The molecule has 1 aliphatic heterocycles. The second-order valence-electron chi connectivity index (χ2n) is 3.01. The number of hydrogen-bond acceptors (Lipinski definition) is 3. The first-order chi connectivity index (χ1) is 5.64. The summed E-state index contributed by atoms with van der Waals surface area (Å²) in [5.41, 5.74) is 0. The molecule has 1 heterocycles. The van der Waals surface area contributed by atoms with Crippen molar-refractivity contribution in [2.45, 2.75) is 18.9 Å². The van der Waals surface area contributed by atoms with Crippen LogP contribution >= 0.6 is 0 Å². The van der Waals surface area contributed by atoms with Crippen LogP contribution in [-0.2, 0) is 9.84 Å². The number of terminal acetylenes is 1. The highest BCUT2D eigenvalue weighted by molar-refractivity contribution is 7.91. The van der Waals surface area contributed by atoms with Crippen LogP contribution in [0.4, 0.5) is 0 Å². The first-order valence-electron chi connectivity index (χ1n) is 4.01. The summed E-state index contributed by atoms with van der Waals surface area (Å²) < 4.78 is 22.0. The molecule has 3 nitrogen and oxygen atoms in total. The summed E-state index contributed by atoms with van der Waals surface area (Å²) in [6.45, 7) is 0.719. The Labute approximate surface area is 73.5 Å². The first-order valence-corrected chi connectivity index (χ1v) is 5.83. The summed E-state index contributed by atoms with van der Waals surface area (Å²) in [4.78, 5) is 0. The molecule has 0 saturated carbocycles. The second kappa shape index (κ2) is 3.92. The van der Waals surface area contributed by atoms with E-state index < -0.39 is 9.84 Å². The van der Waals surface area contributed by atoms with Crippen molar-refractivity contribution in [2.75, 3.05) is 18.1 Å². The zero-order valence-electron chi connectivity index (χ0n) is 6.91. The summed E-state index contributed by atoms with van der Waals surface area (Å²) in [6, 6.07) is 0.128. The molecule has 1 unspecified atom stereocenters. The predicted octanol–water partition coefficient (Wildman–Crippen LogP) is -0.214. The molecule has 1 saturated heterocycles. The topological polar surface area (TPSA) is 46.2 Å². The Morgan fingerprint density at radius 3 is 2.83 bits per heavy atom. The predicted molar refractivity (Wildman–Crippen MR) is 48.5 cm³/mol. The van der Waals surface area contributed by atoms with E-state index in [0.717, 1.165) is 13.0 Å². The molecule has 4 heteroatoms. The fraction of sp³-hybridized carbons (Fsp3) is 0.750. The average molecular weight is 187 g/mol. The van der Waals surface area contributed by atoms with Gasteiger partial charge in [0.25, 0.3) is 0 Å². The van der Waals surface area contributed by atoms with Gasteiger partial charge in [0, 0.05) is 19.0 Å². The number of rotatable bonds is 3. The van der Waals surface area contributed by atoms with E-state index in [1.54, 1.807) is 0 Å². The molecular weight excluding hydrogens is 174 g/mol. The lowest BCUT2D eigenvalue weighted by Crippen LogP contribution is -2.30. The quantitative estimate of drug-likeness (QED) is 0.491. The molecule has 1 fully saturated rings. The van der Waals surface area contributed by atoms with Crippen molar-refractivity contribution >= 4 is 9.84 Å². The van der Waals surface area contributed by atoms with Gasteiger partial charge in [-0.05, 0) is 6.42 Å². The fourth-order valence-corrected chi connectivity index (χ4v) is 3.01. The Kier molecular flexibility index (Phi) is 3.12. The maximum Gasteiger partial charge on any atom is 0.151 e. The lowest BCUT2D eigenvalue weighted by molar-refractivity contribution is 0.562. The lowest BCUT2D eigenvalue weighted by atomic mass is 10.2. The second-order valence-corrected chi connectivity index (χ2v) is 5.24. The molecule has 12 heavy (non-hydrogen) atoms. The normalized spacial score (nSPS) is 26.8. The zero-order valence-corrected chi connectivity index (χ0v) is 7.73. The minimum absolute atomic E-state index is 0.128. The van der Waals surface area contributed by atoms with Gasteiger partial charge in [-0.15, -0.1) is 12.3 Å². The lowest BCUT2D eigenvalue weighted by Gasteiger charge is -2.07. The van der Waals surface area contributed by atoms with Gasteiger partial charge in [0.15, 0.2) is 9.84 Å². The van der Waals surface area contributed by atoms with Gasteiger partial charge in [-0.2, -0.15) is 0 Å². The monoisotopic (exact) mass is 187 g/mol. The Hall–Kier alpha value is -0.530. The Morgan fingerprint density at radius 1 is 1.58 bits per heavy atom. The van der Waals surface area contributed by atoms with Crippen molar-refractivity contribution in [3.8, 4) is 12.3 Å². The van der Waals surface area contributed by atoms with E-state index in [4.69, 9.17) is 6.42 Å². The molecule has 0 amide bonds. The number of sulfone groups is 1. The zero-order chi connectivity index (χ0) is 9.03. The standard InChI is InChI=1S/C8H13NO2S/c1-2-3-5-9-8-4-6-12(10,11)7-8/h1,8-9H,3-7H2. The minimum atomic E-state index is -2.75. The van der Waals surface area contributed by atoms with E-state index >= 15 is 0 Å². The van der Waals surface area contributed by atoms with E-state index in [-0.39, 0.29) is 11.8 Å². The Morgan fingerprint density at radius 2 is 2.33 bits per heavy atom. The summed E-state index contributed by atoms with van der Waals surface area (Å²) >= 11 is 0. The summed E-state index contributed by atoms with van der Waals surface area (Å²) in [5, 5.41) is 3.12.